The number of amides is 2. The van der Waals surface area contributed by atoms with Crippen molar-refractivity contribution in [3.05, 3.63) is 118 Å². The van der Waals surface area contributed by atoms with Crippen LogP contribution in [-0.4, -0.2) is 34.5 Å². The summed E-state index contributed by atoms with van der Waals surface area (Å²) >= 11 is 0. The number of hydrogen-bond donors (Lipinski definition) is 3. The van der Waals surface area contributed by atoms with Gasteiger partial charge in [0.2, 0.25) is 0 Å². The van der Waals surface area contributed by atoms with Crippen LogP contribution >= 0.6 is 0 Å². The molecule has 2 amide bonds. The number of aromatic amines is 1. The maximum atomic E-state index is 13.9. The van der Waals surface area contributed by atoms with Gasteiger partial charge in [0.1, 0.15) is 6.61 Å². The van der Waals surface area contributed by atoms with Gasteiger partial charge in [-0.2, -0.15) is 0 Å². The van der Waals surface area contributed by atoms with Gasteiger partial charge in [-0.1, -0.05) is 36.4 Å². The molecule has 43 heavy (non-hydrogen) atoms. The highest BCUT2D eigenvalue weighted by Gasteiger charge is 2.27. The molecule has 4 aromatic carbocycles. The van der Waals surface area contributed by atoms with Crippen LogP contribution in [-0.2, 0) is 11.3 Å². The molecular formula is C33H29N5O5. The zero-order chi connectivity index (χ0) is 29.9. The highest BCUT2D eigenvalue weighted by molar-refractivity contribution is 6.09. The van der Waals surface area contributed by atoms with Crippen LogP contribution in [0.25, 0.3) is 22.0 Å². The number of ether oxygens (including phenoxy) is 1. The van der Waals surface area contributed by atoms with Crippen LogP contribution in [0.15, 0.2) is 97.2 Å². The lowest BCUT2D eigenvalue weighted by molar-refractivity contribution is -0.384. The quantitative estimate of drug-likeness (QED) is 0.143. The predicted octanol–water partition coefficient (Wildman–Crippen LogP) is 7.34. The van der Waals surface area contributed by atoms with Gasteiger partial charge in [-0.3, -0.25) is 20.2 Å². The monoisotopic (exact) mass is 575 g/mol. The Morgan fingerprint density at radius 2 is 1.86 bits per heavy atom. The van der Waals surface area contributed by atoms with Gasteiger partial charge in [0.25, 0.3) is 11.6 Å². The Balaban J connectivity index is 1.28. The predicted molar refractivity (Wildman–Crippen MR) is 166 cm³/mol. The van der Waals surface area contributed by atoms with Crippen molar-refractivity contribution in [2.45, 2.75) is 26.0 Å². The van der Waals surface area contributed by atoms with Crippen LogP contribution in [0.5, 0.6) is 0 Å². The third kappa shape index (κ3) is 5.89. The summed E-state index contributed by atoms with van der Waals surface area (Å²) in [4.78, 5) is 42.9. The van der Waals surface area contributed by atoms with Crippen molar-refractivity contribution in [3.63, 3.8) is 0 Å². The van der Waals surface area contributed by atoms with Crippen molar-refractivity contribution < 1.29 is 19.2 Å². The summed E-state index contributed by atoms with van der Waals surface area (Å²) in [6, 6.07) is 26.7. The minimum atomic E-state index is -0.624. The Morgan fingerprint density at radius 3 is 2.67 bits per heavy atom. The van der Waals surface area contributed by atoms with Gasteiger partial charge >= 0.3 is 6.09 Å². The summed E-state index contributed by atoms with van der Waals surface area (Å²) in [5.74, 6) is -0.378. The maximum absolute atomic E-state index is 13.9. The van der Waals surface area contributed by atoms with Crippen molar-refractivity contribution in [3.8, 4) is 11.1 Å². The van der Waals surface area contributed by atoms with Crippen molar-refractivity contribution in [1.29, 1.82) is 0 Å². The van der Waals surface area contributed by atoms with E-state index in [-0.39, 0.29) is 29.8 Å². The number of aromatic nitrogens is 1. The van der Waals surface area contributed by atoms with Gasteiger partial charge < -0.3 is 19.9 Å². The van der Waals surface area contributed by atoms with E-state index >= 15 is 0 Å². The summed E-state index contributed by atoms with van der Waals surface area (Å²) in [6.45, 7) is 2.52. The van der Waals surface area contributed by atoms with Crippen molar-refractivity contribution in [2.24, 2.45) is 0 Å². The molecule has 1 aliphatic rings. The maximum Gasteiger partial charge on any atom is 0.411 e. The molecule has 10 heteroatoms. The van der Waals surface area contributed by atoms with E-state index in [0.29, 0.717) is 41.2 Å². The Kier molecular flexibility index (Phi) is 7.48. The first-order valence-electron chi connectivity index (χ1n) is 13.9. The SMILES string of the molecule is CC1CCN(C(=O)c2ccc(-c3ccc4[nH]ccc4c3)c([N+](=O)[O-])c2)c2cc(NC(=O)OCc3ccccc3)ccc2N1. The Bertz CT molecular complexity index is 1830. The second-order valence-corrected chi connectivity index (χ2v) is 10.5. The molecule has 216 valence electrons. The molecule has 1 aromatic heterocycles. The van der Waals surface area contributed by atoms with E-state index in [9.17, 15) is 19.7 Å². The van der Waals surface area contributed by atoms with Gasteiger partial charge in [0.05, 0.1) is 21.9 Å². The first-order valence-corrected chi connectivity index (χ1v) is 13.9. The molecule has 0 saturated carbocycles. The summed E-state index contributed by atoms with van der Waals surface area (Å²) in [7, 11) is 0. The fraction of sp³-hybridized carbons (Fsp3) is 0.152. The normalized spacial score (nSPS) is 14.3. The highest BCUT2D eigenvalue weighted by atomic mass is 16.6. The first-order chi connectivity index (χ1) is 20.9. The molecule has 10 nitrogen and oxygen atoms in total. The highest BCUT2D eigenvalue weighted by Crippen LogP contribution is 2.36. The van der Waals surface area contributed by atoms with E-state index in [1.54, 1.807) is 35.2 Å². The average Bonchev–Trinajstić information content (AvgIpc) is 3.42. The summed E-state index contributed by atoms with van der Waals surface area (Å²) in [5.41, 5.74) is 4.67. The third-order valence-electron chi connectivity index (χ3n) is 7.49. The van der Waals surface area contributed by atoms with Crippen LogP contribution in [0.3, 0.4) is 0 Å². The van der Waals surface area contributed by atoms with Gasteiger partial charge in [-0.15, -0.1) is 0 Å². The lowest BCUT2D eigenvalue weighted by atomic mass is 9.99. The van der Waals surface area contributed by atoms with E-state index in [0.717, 1.165) is 16.5 Å². The number of carbonyl (C=O) groups is 2. The molecular weight excluding hydrogens is 546 g/mol. The molecule has 2 heterocycles. The number of hydrogen-bond acceptors (Lipinski definition) is 6. The molecule has 0 spiro atoms. The summed E-state index contributed by atoms with van der Waals surface area (Å²) < 4.78 is 5.35. The number of nitro groups is 1. The third-order valence-corrected chi connectivity index (χ3v) is 7.49. The lowest BCUT2D eigenvalue weighted by Crippen LogP contribution is -2.32. The van der Waals surface area contributed by atoms with Crippen LogP contribution < -0.4 is 15.5 Å². The number of carbonyl (C=O) groups excluding carboxylic acids is 2. The molecule has 0 bridgehead atoms. The standard InChI is InChI=1S/C33H29N5O5/c1-21-14-16-37(31-19-26(9-12-29(31)35-21)36-33(40)43-20-22-5-3-2-4-6-22)32(39)25-7-10-27(30(18-25)38(41)42)23-8-11-28-24(17-23)13-15-34-28/h2-13,15,17-19,21,34-35H,14,16,20H2,1H3,(H,36,40). The Hall–Kier alpha value is -5.64. The molecule has 3 N–H and O–H groups in total. The van der Waals surface area contributed by atoms with E-state index in [1.807, 2.05) is 67.7 Å². The van der Waals surface area contributed by atoms with Crippen molar-refractivity contribution >= 4 is 45.7 Å². The van der Waals surface area contributed by atoms with Crippen LogP contribution in [0, 0.1) is 10.1 Å². The Labute approximate surface area is 247 Å². The molecule has 0 fully saturated rings. The Morgan fingerprint density at radius 1 is 1.02 bits per heavy atom. The molecule has 0 aliphatic carbocycles. The lowest BCUT2D eigenvalue weighted by Gasteiger charge is -2.23. The number of nitro benzene ring substituents is 1. The number of nitrogens with one attached hydrogen (secondary N) is 3. The number of rotatable bonds is 6. The largest absolute Gasteiger partial charge is 0.444 e. The first kappa shape index (κ1) is 27.5. The fourth-order valence-corrected chi connectivity index (χ4v) is 5.26. The van der Waals surface area contributed by atoms with E-state index in [2.05, 4.69) is 15.6 Å². The molecule has 1 atom stereocenters. The summed E-state index contributed by atoms with van der Waals surface area (Å²) in [6.07, 6.45) is 1.84. The molecule has 0 radical (unpaired) electrons. The number of nitrogens with zero attached hydrogens (tertiary/aromatic N) is 2. The number of benzene rings is 4. The second kappa shape index (κ2) is 11.7. The average molecular weight is 576 g/mol. The number of H-pyrrole nitrogens is 1. The van der Waals surface area contributed by atoms with Crippen LogP contribution in [0.4, 0.5) is 27.5 Å². The topological polar surface area (TPSA) is 130 Å². The smallest absolute Gasteiger partial charge is 0.411 e. The van der Waals surface area contributed by atoms with E-state index < -0.39 is 11.0 Å². The zero-order valence-electron chi connectivity index (χ0n) is 23.4. The van der Waals surface area contributed by atoms with Crippen molar-refractivity contribution in [2.75, 3.05) is 22.1 Å². The second-order valence-electron chi connectivity index (χ2n) is 10.5. The minimum Gasteiger partial charge on any atom is -0.444 e. The van der Waals surface area contributed by atoms with Gasteiger partial charge in [-0.05, 0) is 78.4 Å². The summed E-state index contributed by atoms with van der Waals surface area (Å²) in [5, 5.41) is 19.2. The van der Waals surface area contributed by atoms with Crippen LogP contribution in [0.1, 0.15) is 29.3 Å². The van der Waals surface area contributed by atoms with Crippen molar-refractivity contribution in [1.82, 2.24) is 4.98 Å². The van der Waals surface area contributed by atoms with Crippen LogP contribution in [0.2, 0.25) is 0 Å². The molecule has 5 aromatic rings. The molecule has 1 aliphatic heterocycles. The minimum absolute atomic E-state index is 0.0752. The number of fused-ring (bicyclic) bond motifs is 2. The van der Waals surface area contributed by atoms with Gasteiger partial charge in [0.15, 0.2) is 0 Å². The van der Waals surface area contributed by atoms with E-state index in [1.165, 1.54) is 6.07 Å². The zero-order valence-corrected chi connectivity index (χ0v) is 23.4. The van der Waals surface area contributed by atoms with Gasteiger partial charge in [-0.25, -0.2) is 4.79 Å². The van der Waals surface area contributed by atoms with E-state index in [4.69, 9.17) is 4.74 Å². The fourth-order valence-electron chi connectivity index (χ4n) is 5.26. The number of anilines is 3. The van der Waals surface area contributed by atoms with Gasteiger partial charge in [0, 0.05) is 41.6 Å². The molecule has 6 rings (SSSR count). The molecule has 1 unspecified atom stereocenters. The molecule has 0 saturated heterocycles.